The van der Waals surface area contributed by atoms with Gasteiger partial charge in [-0.05, 0) is 93.3 Å². The summed E-state index contributed by atoms with van der Waals surface area (Å²) in [6.45, 7) is 13.6. The van der Waals surface area contributed by atoms with E-state index in [2.05, 4.69) is 45.3 Å². The molecule has 0 saturated heterocycles. The fourth-order valence-electron chi connectivity index (χ4n) is 7.12. The molecule has 0 spiro atoms. The minimum absolute atomic E-state index is 0.446. The molecule has 0 aliphatic heterocycles. The van der Waals surface area contributed by atoms with E-state index >= 15 is 0 Å². The molecule has 0 aromatic carbocycles. The molecule has 2 nitrogen and oxygen atoms in total. The highest BCUT2D eigenvalue weighted by Gasteiger charge is 2.42. The van der Waals surface area contributed by atoms with Crippen LogP contribution >= 0.6 is 0 Å². The van der Waals surface area contributed by atoms with Crippen molar-refractivity contribution in [1.82, 2.24) is 10.6 Å². The maximum atomic E-state index is 4.14. The van der Waals surface area contributed by atoms with Gasteiger partial charge in [-0.1, -0.05) is 47.5 Å². The Morgan fingerprint density at radius 3 is 1.75 bits per heavy atom. The Labute approximate surface area is 176 Å². The molecule has 2 N–H and O–H groups in total. The van der Waals surface area contributed by atoms with E-state index < -0.39 is 0 Å². The maximum absolute atomic E-state index is 4.14. The molecular formula is C26H50N2. The number of rotatable bonds is 7. The highest BCUT2D eigenvalue weighted by Crippen LogP contribution is 2.46. The van der Waals surface area contributed by atoms with Gasteiger partial charge in [-0.25, -0.2) is 0 Å². The van der Waals surface area contributed by atoms with Crippen molar-refractivity contribution in [2.45, 2.75) is 136 Å². The van der Waals surface area contributed by atoms with Crippen molar-refractivity contribution in [2.24, 2.45) is 22.7 Å². The van der Waals surface area contributed by atoms with Crippen LogP contribution in [0.4, 0.5) is 0 Å². The standard InChI is InChI=1S/C26H50N2/c1-6-20-8-12-22(13-9-20)27-19-26(5)17-24(16-25(3,4)18-26)28-23-14-10-21(7-2)11-15-23/h20-24,27-28H,6-19H2,1-5H3. The smallest absolute Gasteiger partial charge is 0.00804 e. The molecule has 3 rings (SSSR count). The van der Waals surface area contributed by atoms with Crippen LogP contribution in [0.15, 0.2) is 0 Å². The summed E-state index contributed by atoms with van der Waals surface area (Å²) in [4.78, 5) is 0. The van der Waals surface area contributed by atoms with Crippen LogP contribution in [0.25, 0.3) is 0 Å². The largest absolute Gasteiger partial charge is 0.313 e. The van der Waals surface area contributed by atoms with E-state index in [-0.39, 0.29) is 0 Å². The molecule has 0 amide bonds. The van der Waals surface area contributed by atoms with Gasteiger partial charge in [-0.15, -0.1) is 0 Å². The minimum Gasteiger partial charge on any atom is -0.313 e. The van der Waals surface area contributed by atoms with E-state index in [0.29, 0.717) is 10.8 Å². The van der Waals surface area contributed by atoms with Gasteiger partial charge in [0, 0.05) is 24.7 Å². The van der Waals surface area contributed by atoms with Gasteiger partial charge < -0.3 is 10.6 Å². The van der Waals surface area contributed by atoms with Gasteiger partial charge in [0.25, 0.3) is 0 Å². The van der Waals surface area contributed by atoms with Crippen LogP contribution < -0.4 is 10.6 Å². The van der Waals surface area contributed by atoms with E-state index in [1.54, 1.807) is 0 Å². The molecule has 3 aliphatic carbocycles. The highest BCUT2D eigenvalue weighted by atomic mass is 15.0. The Morgan fingerprint density at radius 1 is 0.679 bits per heavy atom. The lowest BCUT2D eigenvalue weighted by atomic mass is 9.62. The van der Waals surface area contributed by atoms with Gasteiger partial charge in [-0.3, -0.25) is 0 Å². The maximum Gasteiger partial charge on any atom is 0.00804 e. The first kappa shape index (κ1) is 22.6. The molecule has 3 saturated carbocycles. The van der Waals surface area contributed by atoms with E-state index in [1.165, 1.54) is 90.0 Å². The quantitative estimate of drug-likeness (QED) is 0.506. The van der Waals surface area contributed by atoms with Gasteiger partial charge in [0.1, 0.15) is 0 Å². The first-order valence-corrected chi connectivity index (χ1v) is 12.8. The number of nitrogens with one attached hydrogen (secondary N) is 2. The molecule has 0 heterocycles. The Morgan fingerprint density at radius 2 is 1.21 bits per heavy atom. The average Bonchev–Trinajstić information content (AvgIpc) is 2.66. The van der Waals surface area contributed by atoms with Gasteiger partial charge in [0.2, 0.25) is 0 Å². The second-order valence-electron chi connectivity index (χ2n) is 12.1. The van der Waals surface area contributed by atoms with Crippen LogP contribution in [0.3, 0.4) is 0 Å². The number of hydrogen-bond acceptors (Lipinski definition) is 2. The summed E-state index contributed by atoms with van der Waals surface area (Å²) in [6.07, 6.45) is 18.3. The van der Waals surface area contributed by atoms with E-state index in [4.69, 9.17) is 0 Å². The van der Waals surface area contributed by atoms with Crippen molar-refractivity contribution >= 4 is 0 Å². The third kappa shape index (κ3) is 6.46. The summed E-state index contributed by atoms with van der Waals surface area (Å²) < 4.78 is 0. The van der Waals surface area contributed by atoms with E-state index in [1.807, 2.05) is 0 Å². The van der Waals surface area contributed by atoms with Gasteiger partial charge in [-0.2, -0.15) is 0 Å². The first-order chi connectivity index (χ1) is 13.3. The predicted octanol–water partition coefficient (Wildman–Crippen LogP) is 6.69. The summed E-state index contributed by atoms with van der Waals surface area (Å²) in [6, 6.07) is 2.28. The molecule has 0 aromatic rings. The first-order valence-electron chi connectivity index (χ1n) is 12.8. The van der Waals surface area contributed by atoms with Crippen molar-refractivity contribution in [1.29, 1.82) is 0 Å². The van der Waals surface area contributed by atoms with Crippen LogP contribution in [0.1, 0.15) is 118 Å². The van der Waals surface area contributed by atoms with Crippen LogP contribution in [-0.2, 0) is 0 Å². The Kier molecular flexibility index (Phi) is 7.93. The molecule has 0 bridgehead atoms. The minimum atomic E-state index is 0.446. The van der Waals surface area contributed by atoms with Crippen LogP contribution in [-0.4, -0.2) is 24.7 Å². The van der Waals surface area contributed by atoms with Crippen molar-refractivity contribution in [3.05, 3.63) is 0 Å². The predicted molar refractivity (Wildman–Crippen MR) is 123 cm³/mol. The molecule has 28 heavy (non-hydrogen) atoms. The highest BCUT2D eigenvalue weighted by molar-refractivity contribution is 4.97. The van der Waals surface area contributed by atoms with Crippen LogP contribution in [0.2, 0.25) is 0 Å². The molecule has 3 aliphatic rings. The zero-order chi connectivity index (χ0) is 20.2. The lowest BCUT2D eigenvalue weighted by Gasteiger charge is -2.49. The third-order valence-electron chi connectivity index (χ3n) is 8.58. The Balaban J connectivity index is 1.49. The topological polar surface area (TPSA) is 24.1 Å². The van der Waals surface area contributed by atoms with Crippen LogP contribution in [0.5, 0.6) is 0 Å². The van der Waals surface area contributed by atoms with Crippen molar-refractivity contribution < 1.29 is 0 Å². The Hall–Kier alpha value is -0.0800. The molecule has 164 valence electrons. The van der Waals surface area contributed by atoms with Crippen molar-refractivity contribution in [3.63, 3.8) is 0 Å². The van der Waals surface area contributed by atoms with Gasteiger partial charge >= 0.3 is 0 Å². The summed E-state index contributed by atoms with van der Waals surface area (Å²) in [5.74, 6) is 2.00. The normalized spacial score (nSPS) is 41.7. The monoisotopic (exact) mass is 390 g/mol. The fourth-order valence-corrected chi connectivity index (χ4v) is 7.12. The summed E-state index contributed by atoms with van der Waals surface area (Å²) in [5, 5.41) is 8.16. The van der Waals surface area contributed by atoms with Crippen molar-refractivity contribution in [2.75, 3.05) is 6.54 Å². The molecular weight excluding hydrogens is 340 g/mol. The zero-order valence-corrected chi connectivity index (χ0v) is 19.8. The van der Waals surface area contributed by atoms with E-state index in [9.17, 15) is 0 Å². The van der Waals surface area contributed by atoms with Gasteiger partial charge in [0.05, 0.1) is 0 Å². The van der Waals surface area contributed by atoms with E-state index in [0.717, 1.165) is 30.0 Å². The van der Waals surface area contributed by atoms with Gasteiger partial charge in [0.15, 0.2) is 0 Å². The fraction of sp³-hybridized carbons (Fsp3) is 1.00. The summed E-state index contributed by atoms with van der Waals surface area (Å²) in [7, 11) is 0. The molecule has 2 heteroatoms. The third-order valence-corrected chi connectivity index (χ3v) is 8.58. The SMILES string of the molecule is CCC1CCC(NCC2(C)CC(NC3CCC(CC)CC3)CC(C)(C)C2)CC1. The summed E-state index contributed by atoms with van der Waals surface area (Å²) in [5.41, 5.74) is 0.911. The Bertz CT molecular complexity index is 457. The second kappa shape index (κ2) is 9.82. The van der Waals surface area contributed by atoms with Crippen LogP contribution in [0, 0.1) is 22.7 Å². The lowest BCUT2D eigenvalue weighted by Crippen LogP contribution is -2.52. The number of hydrogen-bond donors (Lipinski definition) is 2. The molecule has 2 atom stereocenters. The lowest BCUT2D eigenvalue weighted by molar-refractivity contribution is 0.0586. The second-order valence-corrected chi connectivity index (χ2v) is 12.1. The average molecular weight is 391 g/mol. The van der Waals surface area contributed by atoms with Crippen molar-refractivity contribution in [3.8, 4) is 0 Å². The molecule has 0 aromatic heterocycles. The molecule has 3 fully saturated rings. The zero-order valence-electron chi connectivity index (χ0n) is 19.8. The summed E-state index contributed by atoms with van der Waals surface area (Å²) >= 11 is 0. The molecule has 0 radical (unpaired) electrons. The molecule has 2 unspecified atom stereocenters.